The number of nitrogen functional groups attached to an aromatic ring is 1. The summed E-state index contributed by atoms with van der Waals surface area (Å²) in [5.41, 5.74) is 10.2. The molecule has 3 aromatic rings. The number of fused-ring (bicyclic) bond motifs is 1. The predicted octanol–water partition coefficient (Wildman–Crippen LogP) is 3.38. The molecule has 1 aromatic carbocycles. The molecule has 1 aliphatic heterocycles. The van der Waals surface area contributed by atoms with E-state index in [0.29, 0.717) is 30.9 Å². The second-order valence-electron chi connectivity index (χ2n) is 9.97. The summed E-state index contributed by atoms with van der Waals surface area (Å²) in [6, 6.07) is 9.45. The van der Waals surface area contributed by atoms with Gasteiger partial charge in [-0.2, -0.15) is 5.10 Å². The van der Waals surface area contributed by atoms with Crippen LogP contribution in [-0.4, -0.2) is 68.2 Å². The monoisotopic (exact) mass is 457 g/mol. The Kier molecular flexibility index (Phi) is 5.32. The molecule has 3 heterocycles. The SMILES string of the molecule is CN(CC=CC(=O)N1CC(n2nc(-c3ccc(C4CCC4)cc3)c3c(N)ncnc32)C1)C1CC1. The smallest absolute Gasteiger partial charge is 0.246 e. The average Bonchev–Trinajstić information content (AvgIpc) is 3.54. The molecule has 0 atom stereocenters. The zero-order chi connectivity index (χ0) is 23.2. The lowest BCUT2D eigenvalue weighted by Crippen LogP contribution is -2.50. The molecule has 34 heavy (non-hydrogen) atoms. The van der Waals surface area contributed by atoms with Crippen LogP contribution in [0.15, 0.2) is 42.7 Å². The number of nitrogens with two attached hydrogens (primary N) is 1. The summed E-state index contributed by atoms with van der Waals surface area (Å²) < 4.78 is 1.93. The summed E-state index contributed by atoms with van der Waals surface area (Å²) in [4.78, 5) is 25.4. The van der Waals surface area contributed by atoms with Crippen molar-refractivity contribution in [3.8, 4) is 11.3 Å². The largest absolute Gasteiger partial charge is 0.383 e. The van der Waals surface area contributed by atoms with Crippen LogP contribution in [-0.2, 0) is 4.79 Å². The fraction of sp³-hybridized carbons (Fsp3) is 0.462. The average molecular weight is 458 g/mol. The first kappa shape index (κ1) is 21.3. The number of likely N-dealkylation sites (tertiary alicyclic amines) is 1. The Balaban J connectivity index is 1.19. The highest BCUT2D eigenvalue weighted by Crippen LogP contribution is 2.38. The number of hydrogen-bond donors (Lipinski definition) is 1. The first-order valence-electron chi connectivity index (χ1n) is 12.3. The molecule has 0 radical (unpaired) electrons. The van der Waals surface area contributed by atoms with E-state index in [0.717, 1.165) is 28.8 Å². The molecule has 2 N–H and O–H groups in total. The van der Waals surface area contributed by atoms with Crippen molar-refractivity contribution >= 4 is 22.8 Å². The van der Waals surface area contributed by atoms with Crippen molar-refractivity contribution in [1.29, 1.82) is 0 Å². The Morgan fingerprint density at radius 3 is 2.59 bits per heavy atom. The van der Waals surface area contributed by atoms with Gasteiger partial charge in [-0.1, -0.05) is 36.8 Å². The van der Waals surface area contributed by atoms with Gasteiger partial charge < -0.3 is 10.6 Å². The fourth-order valence-electron chi connectivity index (χ4n) is 4.99. The van der Waals surface area contributed by atoms with Gasteiger partial charge in [-0.15, -0.1) is 0 Å². The van der Waals surface area contributed by atoms with Crippen molar-refractivity contribution in [2.24, 2.45) is 0 Å². The molecule has 8 nitrogen and oxygen atoms in total. The number of amides is 1. The lowest BCUT2D eigenvalue weighted by molar-refractivity contribution is -0.131. The topological polar surface area (TPSA) is 93.2 Å². The Bertz CT molecular complexity index is 1230. The van der Waals surface area contributed by atoms with Gasteiger partial charge in [0, 0.05) is 37.3 Å². The van der Waals surface area contributed by atoms with E-state index in [4.69, 9.17) is 10.8 Å². The number of carbonyl (C=O) groups is 1. The molecular formula is C26H31N7O. The van der Waals surface area contributed by atoms with Gasteiger partial charge in [-0.05, 0) is 44.2 Å². The van der Waals surface area contributed by atoms with E-state index < -0.39 is 0 Å². The second kappa shape index (κ2) is 8.51. The lowest BCUT2D eigenvalue weighted by atomic mass is 9.80. The molecule has 3 fully saturated rings. The molecule has 0 bridgehead atoms. The minimum Gasteiger partial charge on any atom is -0.383 e. The molecule has 3 aliphatic rings. The van der Waals surface area contributed by atoms with Crippen LogP contribution in [0.25, 0.3) is 22.3 Å². The van der Waals surface area contributed by atoms with E-state index in [2.05, 4.69) is 46.2 Å². The van der Waals surface area contributed by atoms with Crippen LogP contribution >= 0.6 is 0 Å². The molecule has 8 heteroatoms. The standard InChI is InChI=1S/C26H31N7O/c1-31(20-11-12-20)13-3-6-22(34)32-14-21(15-32)33-26-23(25(27)28-16-29-26)24(30-33)19-9-7-18(8-10-19)17-4-2-5-17/h3,6-10,16-17,20-21H,2,4-5,11-15H2,1H3,(H2,27,28,29). The molecule has 0 spiro atoms. The van der Waals surface area contributed by atoms with Gasteiger partial charge in [0.05, 0.1) is 11.4 Å². The Morgan fingerprint density at radius 1 is 1.15 bits per heavy atom. The summed E-state index contributed by atoms with van der Waals surface area (Å²) in [6.45, 7) is 2.04. The molecular weight excluding hydrogens is 426 g/mol. The van der Waals surface area contributed by atoms with Crippen LogP contribution < -0.4 is 5.73 Å². The minimum atomic E-state index is 0.0536. The van der Waals surface area contributed by atoms with E-state index in [9.17, 15) is 4.79 Å². The first-order chi connectivity index (χ1) is 16.6. The highest BCUT2D eigenvalue weighted by molar-refractivity contribution is 5.98. The number of benzene rings is 1. The van der Waals surface area contributed by atoms with Crippen molar-refractivity contribution < 1.29 is 4.79 Å². The van der Waals surface area contributed by atoms with E-state index in [1.807, 2.05) is 15.7 Å². The van der Waals surface area contributed by atoms with Gasteiger partial charge in [0.15, 0.2) is 5.65 Å². The van der Waals surface area contributed by atoms with Crippen LogP contribution in [0.3, 0.4) is 0 Å². The van der Waals surface area contributed by atoms with Crippen LogP contribution in [0.4, 0.5) is 5.82 Å². The number of aromatic nitrogens is 4. The van der Waals surface area contributed by atoms with Gasteiger partial charge in [0.2, 0.25) is 5.91 Å². The maximum Gasteiger partial charge on any atom is 0.246 e. The third-order valence-electron chi connectivity index (χ3n) is 7.62. The normalized spacial score (nSPS) is 19.2. The zero-order valence-corrected chi connectivity index (χ0v) is 19.6. The number of likely N-dealkylation sites (N-methyl/N-ethyl adjacent to an activating group) is 1. The molecule has 1 amide bonds. The molecule has 2 aliphatic carbocycles. The van der Waals surface area contributed by atoms with Gasteiger partial charge >= 0.3 is 0 Å². The number of carbonyl (C=O) groups excluding carboxylic acids is 1. The molecule has 176 valence electrons. The van der Waals surface area contributed by atoms with Crippen LogP contribution in [0.5, 0.6) is 0 Å². The summed E-state index contributed by atoms with van der Waals surface area (Å²) in [7, 11) is 2.11. The zero-order valence-electron chi connectivity index (χ0n) is 19.6. The minimum absolute atomic E-state index is 0.0536. The number of hydrogen-bond acceptors (Lipinski definition) is 6. The highest BCUT2D eigenvalue weighted by Gasteiger charge is 2.34. The van der Waals surface area contributed by atoms with E-state index in [1.54, 1.807) is 6.08 Å². The summed E-state index contributed by atoms with van der Waals surface area (Å²) in [5.74, 6) is 1.18. The highest BCUT2D eigenvalue weighted by atomic mass is 16.2. The van der Waals surface area contributed by atoms with Crippen molar-refractivity contribution in [2.45, 2.75) is 50.1 Å². The van der Waals surface area contributed by atoms with Crippen molar-refractivity contribution in [2.75, 3.05) is 32.4 Å². The van der Waals surface area contributed by atoms with E-state index >= 15 is 0 Å². The van der Waals surface area contributed by atoms with Crippen LogP contribution in [0, 0.1) is 0 Å². The van der Waals surface area contributed by atoms with Gasteiger partial charge in [0.1, 0.15) is 17.8 Å². The van der Waals surface area contributed by atoms with Gasteiger partial charge in [0.25, 0.3) is 0 Å². The summed E-state index contributed by atoms with van der Waals surface area (Å²) in [5, 5.41) is 5.71. The molecule has 2 aromatic heterocycles. The van der Waals surface area contributed by atoms with Crippen molar-refractivity contribution in [3.05, 3.63) is 48.3 Å². The van der Waals surface area contributed by atoms with Gasteiger partial charge in [-0.25, -0.2) is 14.6 Å². The predicted molar refractivity (Wildman–Crippen MR) is 132 cm³/mol. The molecule has 2 saturated carbocycles. The lowest BCUT2D eigenvalue weighted by Gasteiger charge is -2.38. The Morgan fingerprint density at radius 2 is 1.91 bits per heavy atom. The Labute approximate surface area is 199 Å². The Hall–Kier alpha value is -3.26. The number of anilines is 1. The van der Waals surface area contributed by atoms with Crippen LogP contribution in [0.2, 0.25) is 0 Å². The number of rotatable bonds is 7. The van der Waals surface area contributed by atoms with E-state index in [1.165, 1.54) is 44.0 Å². The molecule has 0 unspecified atom stereocenters. The summed E-state index contributed by atoms with van der Waals surface area (Å²) in [6.07, 6.45) is 11.6. The quantitative estimate of drug-likeness (QED) is 0.547. The molecule has 1 saturated heterocycles. The molecule has 6 rings (SSSR count). The first-order valence-corrected chi connectivity index (χ1v) is 12.3. The third-order valence-corrected chi connectivity index (χ3v) is 7.62. The second-order valence-corrected chi connectivity index (χ2v) is 9.97. The van der Waals surface area contributed by atoms with Crippen molar-refractivity contribution in [3.63, 3.8) is 0 Å². The summed E-state index contributed by atoms with van der Waals surface area (Å²) >= 11 is 0. The van der Waals surface area contributed by atoms with Crippen LogP contribution in [0.1, 0.15) is 49.6 Å². The third kappa shape index (κ3) is 3.86. The maximum atomic E-state index is 12.6. The maximum absolute atomic E-state index is 12.6. The van der Waals surface area contributed by atoms with E-state index in [-0.39, 0.29) is 11.9 Å². The number of nitrogens with zero attached hydrogens (tertiary/aromatic N) is 6. The van der Waals surface area contributed by atoms with Crippen molar-refractivity contribution in [1.82, 2.24) is 29.5 Å². The van der Waals surface area contributed by atoms with Gasteiger partial charge in [-0.3, -0.25) is 9.69 Å². The fourth-order valence-corrected chi connectivity index (χ4v) is 4.99.